The Morgan fingerprint density at radius 1 is 1.50 bits per heavy atom. The number of aryl methyl sites for hydroxylation is 1. The molecule has 0 atom stereocenters. The predicted octanol–water partition coefficient (Wildman–Crippen LogP) is 0.265. The van der Waals surface area contributed by atoms with Gasteiger partial charge in [0.05, 0.1) is 11.4 Å². The first kappa shape index (κ1) is 14.9. The zero-order chi connectivity index (χ0) is 14.9. The number of nitrogens with one attached hydrogen (secondary N) is 1. The quantitative estimate of drug-likeness (QED) is 0.832. The van der Waals surface area contributed by atoms with Gasteiger partial charge in [0.1, 0.15) is 4.88 Å². The molecule has 0 bridgehead atoms. The summed E-state index contributed by atoms with van der Waals surface area (Å²) in [5.41, 5.74) is 0. The van der Waals surface area contributed by atoms with E-state index in [0.29, 0.717) is 17.8 Å². The Morgan fingerprint density at radius 2 is 2.20 bits per heavy atom. The molecule has 1 fully saturated rings. The number of sulfonamides is 1. The highest BCUT2D eigenvalue weighted by Gasteiger charge is 2.31. The fourth-order valence-electron chi connectivity index (χ4n) is 1.95. The maximum Gasteiger partial charge on any atom is 0.345 e. The smallest absolute Gasteiger partial charge is 0.345 e. The summed E-state index contributed by atoms with van der Waals surface area (Å²) in [6, 6.07) is 1.15. The summed E-state index contributed by atoms with van der Waals surface area (Å²) in [5, 5.41) is 11.5. The molecule has 20 heavy (non-hydrogen) atoms. The summed E-state index contributed by atoms with van der Waals surface area (Å²) in [4.78, 5) is 22.7. The molecule has 7 nitrogen and oxygen atoms in total. The molecule has 1 amide bonds. The van der Waals surface area contributed by atoms with Gasteiger partial charge in [-0.05, 0) is 19.4 Å². The highest BCUT2D eigenvalue weighted by molar-refractivity contribution is 7.89. The number of carbonyl (C=O) groups is 2. The zero-order valence-corrected chi connectivity index (χ0v) is 12.4. The number of amides is 1. The van der Waals surface area contributed by atoms with Gasteiger partial charge in [0.25, 0.3) is 0 Å². The van der Waals surface area contributed by atoms with Crippen molar-refractivity contribution in [1.29, 1.82) is 0 Å². The van der Waals surface area contributed by atoms with E-state index < -0.39 is 16.0 Å². The van der Waals surface area contributed by atoms with Gasteiger partial charge in [-0.3, -0.25) is 4.79 Å². The van der Waals surface area contributed by atoms with Crippen LogP contribution in [0.25, 0.3) is 0 Å². The fourth-order valence-corrected chi connectivity index (χ4v) is 4.78. The van der Waals surface area contributed by atoms with Crippen LogP contribution in [0.1, 0.15) is 21.0 Å². The number of nitrogens with zero attached hydrogens (tertiary/aromatic N) is 1. The summed E-state index contributed by atoms with van der Waals surface area (Å²) in [6.07, 6.45) is 0.528. The average Bonchev–Trinajstić information content (AvgIpc) is 2.62. The zero-order valence-electron chi connectivity index (χ0n) is 10.7. The van der Waals surface area contributed by atoms with Crippen LogP contribution in [-0.4, -0.2) is 49.3 Å². The van der Waals surface area contributed by atoms with E-state index in [-0.39, 0.29) is 28.8 Å². The van der Waals surface area contributed by atoms with E-state index in [1.165, 1.54) is 0 Å². The van der Waals surface area contributed by atoms with E-state index in [2.05, 4.69) is 5.32 Å². The summed E-state index contributed by atoms with van der Waals surface area (Å²) >= 11 is 0.913. The molecule has 2 rings (SSSR count). The van der Waals surface area contributed by atoms with Crippen molar-refractivity contribution in [2.75, 3.05) is 19.6 Å². The predicted molar refractivity (Wildman–Crippen MR) is 72.4 cm³/mol. The molecule has 1 aliphatic rings. The van der Waals surface area contributed by atoms with Crippen molar-refractivity contribution in [3.8, 4) is 0 Å². The van der Waals surface area contributed by atoms with Crippen molar-refractivity contribution in [3.05, 3.63) is 15.8 Å². The van der Waals surface area contributed by atoms with Crippen LogP contribution in [0.3, 0.4) is 0 Å². The van der Waals surface area contributed by atoms with Crippen LogP contribution in [0.4, 0.5) is 0 Å². The molecule has 110 valence electrons. The number of rotatable bonds is 3. The van der Waals surface area contributed by atoms with E-state index in [1.807, 2.05) is 0 Å². The topological polar surface area (TPSA) is 104 Å². The van der Waals surface area contributed by atoms with E-state index in [1.54, 1.807) is 6.92 Å². The maximum absolute atomic E-state index is 12.5. The van der Waals surface area contributed by atoms with Crippen LogP contribution >= 0.6 is 11.3 Å². The number of carboxylic acids is 1. The SMILES string of the molecule is Cc1sc(C(=O)O)cc1S(=O)(=O)N1CCCNC(=O)C1. The van der Waals surface area contributed by atoms with Crippen molar-refractivity contribution in [2.45, 2.75) is 18.2 Å². The lowest BCUT2D eigenvalue weighted by Crippen LogP contribution is -2.37. The van der Waals surface area contributed by atoms with Gasteiger partial charge in [0.15, 0.2) is 0 Å². The lowest BCUT2D eigenvalue weighted by molar-refractivity contribution is -0.120. The van der Waals surface area contributed by atoms with Crippen molar-refractivity contribution >= 4 is 33.2 Å². The molecular weight excluding hydrogens is 304 g/mol. The lowest BCUT2D eigenvalue weighted by atomic mass is 10.4. The Hall–Kier alpha value is -1.45. The summed E-state index contributed by atoms with van der Waals surface area (Å²) in [6.45, 7) is 1.99. The molecule has 2 N–H and O–H groups in total. The molecule has 0 unspecified atom stereocenters. The number of aromatic carboxylic acids is 1. The molecule has 0 aromatic carbocycles. The van der Waals surface area contributed by atoms with E-state index in [9.17, 15) is 18.0 Å². The summed E-state index contributed by atoms with van der Waals surface area (Å²) < 4.78 is 26.1. The molecule has 0 radical (unpaired) electrons. The van der Waals surface area contributed by atoms with E-state index in [4.69, 9.17) is 5.11 Å². The first-order chi connectivity index (χ1) is 9.32. The highest BCUT2D eigenvalue weighted by Crippen LogP contribution is 2.28. The second kappa shape index (κ2) is 5.51. The summed E-state index contributed by atoms with van der Waals surface area (Å²) in [7, 11) is -3.84. The number of hydrogen-bond donors (Lipinski definition) is 2. The number of hydrogen-bond acceptors (Lipinski definition) is 5. The minimum absolute atomic E-state index is 0.0275. The van der Waals surface area contributed by atoms with Crippen molar-refractivity contribution < 1.29 is 23.1 Å². The third-order valence-electron chi connectivity index (χ3n) is 2.93. The van der Waals surface area contributed by atoms with Crippen LogP contribution in [0, 0.1) is 6.92 Å². The number of carbonyl (C=O) groups excluding carboxylic acids is 1. The molecular formula is C11H14N2O5S2. The van der Waals surface area contributed by atoms with Gasteiger partial charge in [-0.1, -0.05) is 0 Å². The Kier molecular flexibility index (Phi) is 4.11. The standard InChI is InChI=1S/C11H14N2O5S2/c1-7-9(5-8(19-7)11(15)16)20(17,18)13-4-2-3-12-10(14)6-13/h5H,2-4,6H2,1H3,(H,12,14)(H,15,16). The Balaban J connectivity index is 2.38. The van der Waals surface area contributed by atoms with Gasteiger partial charge in [-0.2, -0.15) is 4.31 Å². The molecule has 1 saturated heterocycles. The number of thiophene rings is 1. The second-order valence-electron chi connectivity index (χ2n) is 4.38. The molecule has 9 heteroatoms. The third kappa shape index (κ3) is 2.84. The first-order valence-corrected chi connectivity index (χ1v) is 8.18. The normalized spacial score (nSPS) is 17.6. The highest BCUT2D eigenvalue weighted by atomic mass is 32.2. The van der Waals surface area contributed by atoms with Crippen LogP contribution in [0.15, 0.2) is 11.0 Å². The fraction of sp³-hybridized carbons (Fsp3) is 0.455. The maximum atomic E-state index is 12.5. The van der Waals surface area contributed by atoms with Crippen LogP contribution < -0.4 is 5.32 Å². The minimum atomic E-state index is -3.84. The van der Waals surface area contributed by atoms with Gasteiger partial charge >= 0.3 is 5.97 Å². The largest absolute Gasteiger partial charge is 0.477 e. The minimum Gasteiger partial charge on any atom is -0.477 e. The Labute approximate surface area is 120 Å². The lowest BCUT2D eigenvalue weighted by Gasteiger charge is -2.18. The van der Waals surface area contributed by atoms with Gasteiger partial charge in [0.2, 0.25) is 15.9 Å². The third-order valence-corrected chi connectivity index (χ3v) is 6.07. The molecule has 0 saturated carbocycles. The Morgan fingerprint density at radius 3 is 2.80 bits per heavy atom. The van der Waals surface area contributed by atoms with Gasteiger partial charge < -0.3 is 10.4 Å². The second-order valence-corrected chi connectivity index (χ2v) is 7.54. The monoisotopic (exact) mass is 318 g/mol. The molecule has 1 aromatic rings. The first-order valence-electron chi connectivity index (χ1n) is 5.93. The van der Waals surface area contributed by atoms with Gasteiger partial charge in [-0.25, -0.2) is 13.2 Å². The van der Waals surface area contributed by atoms with Gasteiger partial charge in [0, 0.05) is 18.0 Å². The van der Waals surface area contributed by atoms with Crippen molar-refractivity contribution in [3.63, 3.8) is 0 Å². The van der Waals surface area contributed by atoms with Crippen molar-refractivity contribution in [2.24, 2.45) is 0 Å². The van der Waals surface area contributed by atoms with Crippen LogP contribution in [-0.2, 0) is 14.8 Å². The molecule has 0 spiro atoms. The Bertz CT molecular complexity index is 650. The van der Waals surface area contributed by atoms with E-state index >= 15 is 0 Å². The molecule has 2 heterocycles. The van der Waals surface area contributed by atoms with Crippen LogP contribution in [0.2, 0.25) is 0 Å². The molecule has 1 aliphatic heterocycles. The van der Waals surface area contributed by atoms with Crippen LogP contribution in [0.5, 0.6) is 0 Å². The average molecular weight is 318 g/mol. The molecule has 0 aliphatic carbocycles. The van der Waals surface area contributed by atoms with E-state index in [0.717, 1.165) is 21.7 Å². The van der Waals surface area contributed by atoms with Crippen molar-refractivity contribution in [1.82, 2.24) is 9.62 Å². The molecule has 1 aromatic heterocycles. The van der Waals surface area contributed by atoms with Gasteiger partial charge in [-0.15, -0.1) is 11.3 Å². The summed E-state index contributed by atoms with van der Waals surface area (Å²) in [5.74, 6) is -1.51. The number of carboxylic acid groups (broad SMARTS) is 1.